The van der Waals surface area contributed by atoms with Crippen LogP contribution in [0, 0.1) is 37.0 Å². The van der Waals surface area contributed by atoms with Gasteiger partial charge in [0.25, 0.3) is 0 Å². The minimum atomic E-state index is -0.0321. The van der Waals surface area contributed by atoms with Crippen LogP contribution in [0.1, 0.15) is 50.7 Å². The minimum Gasteiger partial charge on any atom is -0.462 e. The van der Waals surface area contributed by atoms with E-state index in [1.54, 1.807) is 0 Å². The highest BCUT2D eigenvalue weighted by Gasteiger charge is 2.78. The zero-order valence-electron chi connectivity index (χ0n) is 20.1. The first-order valence-electron chi connectivity index (χ1n) is 12.8. The Morgan fingerprint density at radius 1 is 1.16 bits per heavy atom. The number of rotatable bonds is 3. The number of hydrogen-bond acceptors (Lipinski definition) is 5. The Balaban J connectivity index is 1.15. The van der Waals surface area contributed by atoms with Crippen LogP contribution in [0.25, 0.3) is 0 Å². The highest BCUT2D eigenvalue weighted by atomic mass is 16.6. The molecule has 1 aromatic carbocycles. The highest BCUT2D eigenvalue weighted by molar-refractivity contribution is 5.76. The van der Waals surface area contributed by atoms with E-state index in [0.717, 1.165) is 39.1 Å². The number of ether oxygens (including phenoxy) is 2. The van der Waals surface area contributed by atoms with Gasteiger partial charge in [-0.15, -0.1) is 0 Å². The van der Waals surface area contributed by atoms with Crippen LogP contribution in [0.2, 0.25) is 0 Å². The zero-order chi connectivity index (χ0) is 22.3. The monoisotopic (exact) mass is 438 g/mol. The van der Waals surface area contributed by atoms with E-state index >= 15 is 0 Å². The molecule has 5 aliphatic rings. The van der Waals surface area contributed by atoms with Gasteiger partial charge < -0.3 is 14.4 Å². The lowest BCUT2D eigenvalue weighted by molar-refractivity contribution is -0.146. The SMILES string of the molecule is Cc1cccc(N2CCN(C[C@H]3C(=O)O[C@@H]4C[C@@]5(C)CCC[C@H](C)[C@@]56O[C@H]6[C@@H]43)CC2)c1C. The molecule has 0 amide bonds. The Kier molecular flexibility index (Phi) is 4.72. The number of benzene rings is 1. The van der Waals surface area contributed by atoms with Gasteiger partial charge in [-0.2, -0.15) is 0 Å². The molecular weight excluding hydrogens is 400 g/mol. The molecule has 32 heavy (non-hydrogen) atoms. The second-order valence-corrected chi connectivity index (χ2v) is 11.6. The number of nitrogens with zero attached hydrogens (tertiary/aromatic N) is 2. The van der Waals surface area contributed by atoms with Crippen molar-refractivity contribution in [1.29, 1.82) is 0 Å². The van der Waals surface area contributed by atoms with Crippen molar-refractivity contribution in [3.8, 4) is 0 Å². The molecule has 5 nitrogen and oxygen atoms in total. The molecule has 0 bridgehead atoms. The summed E-state index contributed by atoms with van der Waals surface area (Å²) in [6.07, 6.45) is 4.99. The molecular formula is C27H38N2O3. The first-order valence-corrected chi connectivity index (χ1v) is 12.8. The third-order valence-corrected chi connectivity index (χ3v) is 9.94. The second kappa shape index (κ2) is 7.20. The molecule has 0 aromatic heterocycles. The first kappa shape index (κ1) is 21.0. The van der Waals surface area contributed by atoms with E-state index in [1.165, 1.54) is 36.1 Å². The maximum Gasteiger partial charge on any atom is 0.311 e. The maximum atomic E-state index is 13.0. The maximum absolute atomic E-state index is 13.0. The summed E-state index contributed by atoms with van der Waals surface area (Å²) in [5.41, 5.74) is 4.26. The van der Waals surface area contributed by atoms with Crippen molar-refractivity contribution in [2.45, 2.75) is 71.2 Å². The summed E-state index contributed by atoms with van der Waals surface area (Å²) in [5.74, 6) is 0.825. The average molecular weight is 439 g/mol. The lowest BCUT2D eigenvalue weighted by atomic mass is 9.53. The number of fused-ring (bicyclic) bond motifs is 2. The van der Waals surface area contributed by atoms with Crippen molar-refractivity contribution in [2.75, 3.05) is 37.6 Å². The van der Waals surface area contributed by atoms with Crippen molar-refractivity contribution >= 4 is 11.7 Å². The third kappa shape index (κ3) is 2.86. The molecule has 2 aliphatic carbocycles. The second-order valence-electron chi connectivity index (χ2n) is 11.6. The summed E-state index contributed by atoms with van der Waals surface area (Å²) >= 11 is 0. The van der Waals surface area contributed by atoms with Gasteiger partial charge in [0.15, 0.2) is 0 Å². The summed E-state index contributed by atoms with van der Waals surface area (Å²) in [5, 5.41) is 0. The summed E-state index contributed by atoms with van der Waals surface area (Å²) in [7, 11) is 0. The number of anilines is 1. The lowest BCUT2D eigenvalue weighted by Gasteiger charge is -2.49. The largest absolute Gasteiger partial charge is 0.462 e. The summed E-state index contributed by atoms with van der Waals surface area (Å²) in [6.45, 7) is 14.0. The third-order valence-electron chi connectivity index (χ3n) is 9.94. The molecule has 3 heterocycles. The van der Waals surface area contributed by atoms with Crippen molar-refractivity contribution in [3.63, 3.8) is 0 Å². The van der Waals surface area contributed by atoms with E-state index in [9.17, 15) is 4.79 Å². The number of piperazine rings is 1. The van der Waals surface area contributed by atoms with E-state index in [4.69, 9.17) is 9.47 Å². The Morgan fingerprint density at radius 3 is 2.72 bits per heavy atom. The predicted octanol–water partition coefficient (Wildman–Crippen LogP) is 3.95. The van der Waals surface area contributed by atoms with Gasteiger partial charge in [-0.1, -0.05) is 32.4 Å². The molecule has 1 aromatic rings. The van der Waals surface area contributed by atoms with Gasteiger partial charge in [0.1, 0.15) is 11.7 Å². The fourth-order valence-electron chi connectivity index (χ4n) is 7.97. The Labute approximate surface area is 192 Å². The van der Waals surface area contributed by atoms with E-state index in [-0.39, 0.29) is 41.0 Å². The van der Waals surface area contributed by atoms with Crippen molar-refractivity contribution in [3.05, 3.63) is 29.3 Å². The molecule has 174 valence electrons. The summed E-state index contributed by atoms with van der Waals surface area (Å²) < 4.78 is 12.6. The molecule has 0 N–H and O–H groups in total. The van der Waals surface area contributed by atoms with E-state index < -0.39 is 0 Å². The van der Waals surface area contributed by atoms with Crippen LogP contribution in [-0.4, -0.2) is 61.4 Å². The quantitative estimate of drug-likeness (QED) is 0.528. The lowest BCUT2D eigenvalue weighted by Crippen LogP contribution is -2.55. The Bertz CT molecular complexity index is 925. The van der Waals surface area contributed by atoms with Gasteiger partial charge in [-0.3, -0.25) is 9.69 Å². The van der Waals surface area contributed by atoms with Gasteiger partial charge in [-0.05, 0) is 56.2 Å². The summed E-state index contributed by atoms with van der Waals surface area (Å²) in [4.78, 5) is 18.0. The number of aryl methyl sites for hydroxylation is 1. The number of esters is 1. The Morgan fingerprint density at radius 2 is 1.94 bits per heavy atom. The number of carbonyl (C=O) groups is 1. The standard InChI is InChI=1S/C27H38N2O3/c1-17-7-5-9-21(19(17)3)29-13-11-28(12-14-29)16-20-23-22(31-25(20)30)15-26(4)10-6-8-18(2)27(26)24(23)32-27/h5,7,9,18,20,22-24H,6,8,10-16H2,1-4H3/t18-,20+,22+,23+,24-,26+,27-/m0/s1. The Hall–Kier alpha value is -1.59. The van der Waals surface area contributed by atoms with Gasteiger partial charge in [0.05, 0.1) is 12.0 Å². The molecule has 5 heteroatoms. The number of epoxide rings is 1. The normalized spacial score (nSPS) is 43.3. The van der Waals surface area contributed by atoms with Crippen molar-refractivity contribution in [1.82, 2.24) is 4.90 Å². The van der Waals surface area contributed by atoms with Gasteiger partial charge in [-0.25, -0.2) is 0 Å². The van der Waals surface area contributed by atoms with Crippen LogP contribution in [0.3, 0.4) is 0 Å². The van der Waals surface area contributed by atoms with Crippen LogP contribution in [-0.2, 0) is 14.3 Å². The van der Waals surface area contributed by atoms with Gasteiger partial charge in [0, 0.05) is 49.7 Å². The molecule has 3 saturated heterocycles. The van der Waals surface area contributed by atoms with Crippen LogP contribution >= 0.6 is 0 Å². The molecule has 2 saturated carbocycles. The zero-order valence-corrected chi connectivity index (χ0v) is 20.1. The minimum absolute atomic E-state index is 0.0000399. The molecule has 0 radical (unpaired) electrons. The smallest absolute Gasteiger partial charge is 0.311 e. The number of carbonyl (C=O) groups excluding carboxylic acids is 1. The summed E-state index contributed by atoms with van der Waals surface area (Å²) in [6, 6.07) is 6.59. The van der Waals surface area contributed by atoms with E-state index in [0.29, 0.717) is 5.92 Å². The molecule has 1 spiro atoms. The van der Waals surface area contributed by atoms with E-state index in [1.807, 2.05) is 0 Å². The molecule has 5 fully saturated rings. The number of hydrogen-bond donors (Lipinski definition) is 0. The van der Waals surface area contributed by atoms with Crippen LogP contribution < -0.4 is 4.90 Å². The fourth-order valence-corrected chi connectivity index (χ4v) is 7.97. The van der Waals surface area contributed by atoms with Crippen LogP contribution in [0.15, 0.2) is 18.2 Å². The predicted molar refractivity (Wildman–Crippen MR) is 125 cm³/mol. The fraction of sp³-hybridized carbons (Fsp3) is 0.741. The van der Waals surface area contributed by atoms with Gasteiger partial charge in [0.2, 0.25) is 0 Å². The first-order chi connectivity index (χ1) is 15.3. The molecule has 7 atom stereocenters. The van der Waals surface area contributed by atoms with Crippen LogP contribution in [0.4, 0.5) is 5.69 Å². The van der Waals surface area contributed by atoms with E-state index in [2.05, 4.69) is 55.7 Å². The molecule has 6 rings (SSSR count). The topological polar surface area (TPSA) is 45.3 Å². The highest BCUT2D eigenvalue weighted by Crippen LogP contribution is 2.70. The molecule has 0 unspecified atom stereocenters. The van der Waals surface area contributed by atoms with Crippen molar-refractivity contribution < 1.29 is 14.3 Å². The average Bonchev–Trinajstić information content (AvgIpc) is 3.45. The van der Waals surface area contributed by atoms with Crippen LogP contribution in [0.5, 0.6) is 0 Å². The molecule has 3 aliphatic heterocycles. The van der Waals surface area contributed by atoms with Crippen molar-refractivity contribution in [2.24, 2.45) is 23.2 Å². The van der Waals surface area contributed by atoms with Gasteiger partial charge >= 0.3 is 5.97 Å².